The SMILES string of the molecule is CC(C)(C)C(=O)Nc1ccc(NC(=O)c2cn[nH]n2)cc1. The fraction of sp³-hybridized carbons (Fsp3) is 0.286. The molecule has 7 nitrogen and oxygen atoms in total. The Hall–Kier alpha value is -2.70. The number of H-pyrrole nitrogens is 1. The number of aromatic nitrogens is 3. The van der Waals surface area contributed by atoms with Crippen LogP contribution in [0.15, 0.2) is 30.5 Å². The van der Waals surface area contributed by atoms with E-state index in [2.05, 4.69) is 26.0 Å². The molecule has 0 atom stereocenters. The molecule has 3 N–H and O–H groups in total. The van der Waals surface area contributed by atoms with Gasteiger partial charge in [-0.25, -0.2) is 0 Å². The second-order valence-electron chi connectivity index (χ2n) is 5.59. The summed E-state index contributed by atoms with van der Waals surface area (Å²) in [6.07, 6.45) is 1.34. The van der Waals surface area contributed by atoms with Crippen LogP contribution in [0.2, 0.25) is 0 Å². The van der Waals surface area contributed by atoms with Gasteiger partial charge in [-0.1, -0.05) is 20.8 Å². The van der Waals surface area contributed by atoms with E-state index in [0.717, 1.165) is 0 Å². The van der Waals surface area contributed by atoms with Crippen LogP contribution in [0.4, 0.5) is 11.4 Å². The Labute approximate surface area is 122 Å². The highest BCUT2D eigenvalue weighted by atomic mass is 16.2. The number of hydrogen-bond acceptors (Lipinski definition) is 4. The van der Waals surface area contributed by atoms with E-state index in [1.165, 1.54) is 6.20 Å². The molecule has 0 spiro atoms. The van der Waals surface area contributed by atoms with Crippen molar-refractivity contribution in [3.63, 3.8) is 0 Å². The normalized spacial score (nSPS) is 11.0. The maximum Gasteiger partial charge on any atom is 0.277 e. The van der Waals surface area contributed by atoms with Gasteiger partial charge < -0.3 is 10.6 Å². The lowest BCUT2D eigenvalue weighted by molar-refractivity contribution is -0.123. The third-order valence-corrected chi connectivity index (χ3v) is 2.73. The van der Waals surface area contributed by atoms with Crippen molar-refractivity contribution in [2.24, 2.45) is 5.41 Å². The minimum atomic E-state index is -0.458. The molecule has 2 aromatic rings. The molecule has 2 rings (SSSR count). The zero-order valence-corrected chi connectivity index (χ0v) is 12.1. The molecule has 0 bridgehead atoms. The molecule has 0 radical (unpaired) electrons. The number of carbonyl (C=O) groups is 2. The van der Waals surface area contributed by atoms with E-state index >= 15 is 0 Å². The summed E-state index contributed by atoms with van der Waals surface area (Å²) < 4.78 is 0. The minimum absolute atomic E-state index is 0.0677. The average Bonchev–Trinajstić information content (AvgIpc) is 2.94. The first-order chi connectivity index (χ1) is 9.86. The number of hydrogen-bond donors (Lipinski definition) is 3. The first kappa shape index (κ1) is 14.7. The van der Waals surface area contributed by atoms with Crippen molar-refractivity contribution in [2.45, 2.75) is 20.8 Å². The molecule has 0 aliphatic rings. The monoisotopic (exact) mass is 287 g/mol. The smallest absolute Gasteiger partial charge is 0.277 e. The Kier molecular flexibility index (Phi) is 4.02. The van der Waals surface area contributed by atoms with Crippen LogP contribution in [-0.4, -0.2) is 27.2 Å². The minimum Gasteiger partial charge on any atom is -0.326 e. The van der Waals surface area contributed by atoms with Gasteiger partial charge in [-0.05, 0) is 24.3 Å². The average molecular weight is 287 g/mol. The van der Waals surface area contributed by atoms with Crippen LogP contribution in [0, 0.1) is 5.41 Å². The van der Waals surface area contributed by atoms with Crippen LogP contribution in [0.5, 0.6) is 0 Å². The largest absolute Gasteiger partial charge is 0.326 e. The molecule has 1 aromatic carbocycles. The number of nitrogens with zero attached hydrogens (tertiary/aromatic N) is 2. The number of amides is 2. The number of aromatic amines is 1. The topological polar surface area (TPSA) is 99.8 Å². The zero-order chi connectivity index (χ0) is 15.5. The summed E-state index contributed by atoms with van der Waals surface area (Å²) >= 11 is 0. The van der Waals surface area contributed by atoms with Gasteiger partial charge in [-0.15, -0.1) is 0 Å². The maximum atomic E-state index is 11.9. The Morgan fingerprint density at radius 1 is 1.05 bits per heavy atom. The van der Waals surface area contributed by atoms with E-state index < -0.39 is 5.41 Å². The van der Waals surface area contributed by atoms with Gasteiger partial charge in [-0.3, -0.25) is 9.59 Å². The number of carbonyl (C=O) groups excluding carboxylic acids is 2. The fourth-order valence-corrected chi connectivity index (χ4v) is 1.46. The van der Waals surface area contributed by atoms with Crippen LogP contribution in [-0.2, 0) is 4.79 Å². The van der Waals surface area contributed by atoms with Gasteiger partial charge in [0.05, 0.1) is 6.20 Å². The molecule has 1 heterocycles. The zero-order valence-electron chi connectivity index (χ0n) is 12.1. The summed E-state index contributed by atoms with van der Waals surface area (Å²) in [5, 5.41) is 15.1. The number of anilines is 2. The lowest BCUT2D eigenvalue weighted by Crippen LogP contribution is -2.27. The van der Waals surface area contributed by atoms with Gasteiger partial charge >= 0.3 is 0 Å². The molecule has 0 aliphatic carbocycles. The Balaban J connectivity index is 1.99. The fourth-order valence-electron chi connectivity index (χ4n) is 1.46. The van der Waals surface area contributed by atoms with Crippen molar-refractivity contribution < 1.29 is 9.59 Å². The molecule has 0 saturated carbocycles. The van der Waals surface area contributed by atoms with Crippen molar-refractivity contribution in [3.05, 3.63) is 36.2 Å². The van der Waals surface area contributed by atoms with Gasteiger partial charge in [0.15, 0.2) is 5.69 Å². The lowest BCUT2D eigenvalue weighted by atomic mass is 9.95. The second kappa shape index (κ2) is 5.74. The summed E-state index contributed by atoms with van der Waals surface area (Å²) in [7, 11) is 0. The van der Waals surface area contributed by atoms with Gasteiger partial charge in [0.1, 0.15) is 0 Å². The van der Waals surface area contributed by atoms with Gasteiger partial charge in [0.2, 0.25) is 5.91 Å². The Bertz CT molecular complexity index is 626. The quantitative estimate of drug-likeness (QED) is 0.804. The summed E-state index contributed by atoms with van der Waals surface area (Å²) in [5.74, 6) is -0.419. The maximum absolute atomic E-state index is 11.9. The van der Waals surface area contributed by atoms with Crippen LogP contribution >= 0.6 is 0 Å². The molecule has 0 aliphatic heterocycles. The molecule has 0 fully saturated rings. The summed E-state index contributed by atoms with van der Waals surface area (Å²) in [4.78, 5) is 23.6. The van der Waals surface area contributed by atoms with E-state index in [-0.39, 0.29) is 17.5 Å². The number of nitrogens with one attached hydrogen (secondary N) is 3. The second-order valence-corrected chi connectivity index (χ2v) is 5.59. The molecule has 110 valence electrons. The predicted octanol–water partition coefficient (Wildman–Crippen LogP) is 2.04. The standard InChI is InChI=1S/C14H17N5O2/c1-14(2,3)13(21)17-10-6-4-9(5-7-10)16-12(20)11-8-15-19-18-11/h4-8H,1-3H3,(H,16,20)(H,17,21)(H,15,18,19). The van der Waals surface area contributed by atoms with Gasteiger partial charge in [0.25, 0.3) is 5.91 Å². The molecule has 1 aromatic heterocycles. The molecular weight excluding hydrogens is 270 g/mol. The molecular formula is C14H17N5O2. The summed E-state index contributed by atoms with van der Waals surface area (Å²) in [6.45, 7) is 5.53. The number of benzene rings is 1. The highest BCUT2D eigenvalue weighted by Gasteiger charge is 2.21. The van der Waals surface area contributed by atoms with Crippen LogP contribution in [0.3, 0.4) is 0 Å². The first-order valence-corrected chi connectivity index (χ1v) is 6.45. The Morgan fingerprint density at radius 3 is 2.10 bits per heavy atom. The molecule has 2 amide bonds. The van der Waals surface area contributed by atoms with Crippen LogP contribution < -0.4 is 10.6 Å². The van der Waals surface area contributed by atoms with Gasteiger partial charge in [-0.2, -0.15) is 15.4 Å². The Morgan fingerprint density at radius 2 is 1.62 bits per heavy atom. The van der Waals surface area contributed by atoms with Crippen LogP contribution in [0.1, 0.15) is 31.3 Å². The number of rotatable bonds is 3. The third kappa shape index (κ3) is 3.88. The van der Waals surface area contributed by atoms with E-state index in [9.17, 15) is 9.59 Å². The van der Waals surface area contributed by atoms with Crippen molar-refractivity contribution in [1.29, 1.82) is 0 Å². The van der Waals surface area contributed by atoms with Crippen molar-refractivity contribution in [2.75, 3.05) is 10.6 Å². The lowest BCUT2D eigenvalue weighted by Gasteiger charge is -2.17. The van der Waals surface area contributed by atoms with E-state index in [1.54, 1.807) is 24.3 Å². The van der Waals surface area contributed by atoms with Crippen LogP contribution in [0.25, 0.3) is 0 Å². The van der Waals surface area contributed by atoms with E-state index in [0.29, 0.717) is 11.4 Å². The molecule has 21 heavy (non-hydrogen) atoms. The van der Waals surface area contributed by atoms with Crippen molar-refractivity contribution >= 4 is 23.2 Å². The van der Waals surface area contributed by atoms with E-state index in [4.69, 9.17) is 0 Å². The van der Waals surface area contributed by atoms with Gasteiger partial charge in [0, 0.05) is 16.8 Å². The summed E-state index contributed by atoms with van der Waals surface area (Å²) in [6, 6.07) is 6.86. The molecule has 0 unspecified atom stereocenters. The highest BCUT2D eigenvalue weighted by molar-refractivity contribution is 6.02. The molecule has 7 heteroatoms. The van der Waals surface area contributed by atoms with Crippen molar-refractivity contribution in [3.8, 4) is 0 Å². The predicted molar refractivity (Wildman–Crippen MR) is 78.9 cm³/mol. The van der Waals surface area contributed by atoms with E-state index in [1.807, 2.05) is 20.8 Å². The summed E-state index contributed by atoms with van der Waals surface area (Å²) in [5.41, 5.74) is 1.03. The molecule has 0 saturated heterocycles. The highest BCUT2D eigenvalue weighted by Crippen LogP contribution is 2.19. The van der Waals surface area contributed by atoms with Crippen molar-refractivity contribution in [1.82, 2.24) is 15.4 Å². The third-order valence-electron chi connectivity index (χ3n) is 2.73. The first-order valence-electron chi connectivity index (χ1n) is 6.45.